The lowest BCUT2D eigenvalue weighted by atomic mass is 9.86. The summed E-state index contributed by atoms with van der Waals surface area (Å²) in [6.45, 7) is 6.48. The van der Waals surface area contributed by atoms with E-state index in [-0.39, 0.29) is 24.2 Å². The van der Waals surface area contributed by atoms with Gasteiger partial charge in [0.15, 0.2) is 5.78 Å². The lowest BCUT2D eigenvalue weighted by Crippen LogP contribution is -2.17. The lowest BCUT2D eigenvalue weighted by molar-refractivity contribution is -0.154. The molecule has 4 nitrogen and oxygen atoms in total. The molecule has 0 aliphatic rings. The zero-order valence-corrected chi connectivity index (χ0v) is 16.9. The molecule has 0 saturated carbocycles. The molecule has 2 aromatic carbocycles. The van der Waals surface area contributed by atoms with Crippen LogP contribution in [0.15, 0.2) is 54.6 Å². The van der Waals surface area contributed by atoms with Gasteiger partial charge in [-0.2, -0.15) is 0 Å². The first-order valence-electron chi connectivity index (χ1n) is 9.65. The summed E-state index contributed by atoms with van der Waals surface area (Å²) < 4.78 is 5.02. The van der Waals surface area contributed by atoms with Gasteiger partial charge < -0.3 is 4.74 Å². The number of benzene rings is 2. The molecule has 0 heterocycles. The number of esters is 1. The second-order valence-corrected chi connectivity index (χ2v) is 7.94. The highest BCUT2D eigenvalue weighted by Gasteiger charge is 2.16. The highest BCUT2D eigenvalue weighted by atomic mass is 16.5. The van der Waals surface area contributed by atoms with Gasteiger partial charge in [0.25, 0.3) is 0 Å². The maximum atomic E-state index is 12.3. The van der Waals surface area contributed by atoms with E-state index >= 15 is 0 Å². The van der Waals surface area contributed by atoms with Gasteiger partial charge >= 0.3 is 5.97 Å². The molecule has 28 heavy (non-hydrogen) atoms. The van der Waals surface area contributed by atoms with Crippen molar-refractivity contribution in [2.24, 2.45) is 0 Å². The number of carbonyl (C=O) groups excluding carboxylic acids is 3. The van der Waals surface area contributed by atoms with Gasteiger partial charge in [-0.05, 0) is 29.4 Å². The molecular formula is C24H28O4. The maximum absolute atomic E-state index is 12.3. The predicted molar refractivity (Wildman–Crippen MR) is 109 cm³/mol. The molecule has 0 saturated heterocycles. The first-order valence-corrected chi connectivity index (χ1v) is 9.65. The van der Waals surface area contributed by atoms with Crippen LogP contribution >= 0.6 is 0 Å². The molecular weight excluding hydrogens is 352 g/mol. The Morgan fingerprint density at radius 1 is 0.821 bits per heavy atom. The van der Waals surface area contributed by atoms with Crippen molar-refractivity contribution < 1.29 is 19.1 Å². The van der Waals surface area contributed by atoms with Crippen LogP contribution in [0.1, 0.15) is 67.9 Å². The van der Waals surface area contributed by atoms with Crippen molar-refractivity contribution in [2.75, 3.05) is 0 Å². The third-order valence-electron chi connectivity index (χ3n) is 4.57. The standard InChI is InChI=1S/C24H28O4/c1-24(2,3)20-15-13-19(14-16-20)21(25)11-7-8-12-22(26)23(27)28-17-18-9-5-4-6-10-18/h4-6,9-10,13-16H,7-8,11-12,17H2,1-3H3. The molecule has 0 spiro atoms. The van der Waals surface area contributed by atoms with E-state index in [0.717, 1.165) is 5.56 Å². The van der Waals surface area contributed by atoms with Crippen molar-refractivity contribution in [3.05, 3.63) is 71.3 Å². The molecule has 0 aliphatic carbocycles. The summed E-state index contributed by atoms with van der Waals surface area (Å²) >= 11 is 0. The van der Waals surface area contributed by atoms with E-state index < -0.39 is 11.8 Å². The van der Waals surface area contributed by atoms with Crippen LogP contribution in [-0.4, -0.2) is 17.5 Å². The van der Waals surface area contributed by atoms with E-state index in [1.165, 1.54) is 5.56 Å². The summed E-state index contributed by atoms with van der Waals surface area (Å²) in [7, 11) is 0. The Labute approximate surface area is 166 Å². The normalized spacial score (nSPS) is 11.1. The molecule has 0 radical (unpaired) electrons. The molecule has 0 amide bonds. The maximum Gasteiger partial charge on any atom is 0.374 e. The number of rotatable bonds is 9. The van der Waals surface area contributed by atoms with E-state index in [0.29, 0.717) is 24.8 Å². The number of Topliss-reactive ketones (excluding diaryl/α,β-unsaturated/α-hetero) is 2. The number of unbranched alkanes of at least 4 members (excludes halogenated alkanes) is 1. The highest BCUT2D eigenvalue weighted by molar-refractivity contribution is 6.33. The minimum Gasteiger partial charge on any atom is -0.455 e. The average Bonchev–Trinajstić information content (AvgIpc) is 2.69. The molecule has 2 rings (SSSR count). The van der Waals surface area contributed by atoms with Crippen molar-refractivity contribution in [2.45, 2.75) is 58.5 Å². The SMILES string of the molecule is CC(C)(C)c1ccc(C(=O)CCCCC(=O)C(=O)OCc2ccccc2)cc1. The summed E-state index contributed by atoms with van der Waals surface area (Å²) in [6.07, 6.45) is 1.52. The van der Waals surface area contributed by atoms with Gasteiger partial charge in [-0.1, -0.05) is 75.4 Å². The molecule has 0 unspecified atom stereocenters. The van der Waals surface area contributed by atoms with Crippen molar-refractivity contribution in [3.63, 3.8) is 0 Å². The van der Waals surface area contributed by atoms with Crippen LogP contribution in [-0.2, 0) is 26.3 Å². The van der Waals surface area contributed by atoms with E-state index in [2.05, 4.69) is 20.8 Å². The average molecular weight is 380 g/mol. The van der Waals surface area contributed by atoms with Crippen LogP contribution in [0.3, 0.4) is 0 Å². The van der Waals surface area contributed by atoms with Gasteiger partial charge in [0.2, 0.25) is 5.78 Å². The highest BCUT2D eigenvalue weighted by Crippen LogP contribution is 2.22. The Bertz CT molecular complexity index is 799. The number of hydrogen-bond acceptors (Lipinski definition) is 4. The number of hydrogen-bond donors (Lipinski definition) is 0. The van der Waals surface area contributed by atoms with Gasteiger partial charge in [0, 0.05) is 18.4 Å². The van der Waals surface area contributed by atoms with Crippen molar-refractivity contribution in [1.82, 2.24) is 0 Å². The molecule has 148 valence electrons. The molecule has 0 fully saturated rings. The topological polar surface area (TPSA) is 60.4 Å². The van der Waals surface area contributed by atoms with Gasteiger partial charge in [0.1, 0.15) is 6.61 Å². The van der Waals surface area contributed by atoms with Crippen LogP contribution in [0.5, 0.6) is 0 Å². The number of carbonyl (C=O) groups is 3. The van der Waals surface area contributed by atoms with E-state index in [1.54, 1.807) is 0 Å². The van der Waals surface area contributed by atoms with Gasteiger partial charge in [0.05, 0.1) is 0 Å². The smallest absolute Gasteiger partial charge is 0.374 e. The largest absolute Gasteiger partial charge is 0.455 e. The molecule has 2 aromatic rings. The molecule has 0 aromatic heterocycles. The zero-order chi connectivity index (χ0) is 20.6. The quantitative estimate of drug-likeness (QED) is 0.265. The summed E-state index contributed by atoms with van der Waals surface area (Å²) in [4.78, 5) is 35.9. The summed E-state index contributed by atoms with van der Waals surface area (Å²) in [5.74, 6) is -1.30. The second kappa shape index (κ2) is 9.98. The van der Waals surface area contributed by atoms with Crippen LogP contribution in [0.4, 0.5) is 0 Å². The van der Waals surface area contributed by atoms with Crippen LogP contribution in [0, 0.1) is 0 Å². The summed E-state index contributed by atoms with van der Waals surface area (Å²) in [5.41, 5.74) is 2.76. The van der Waals surface area contributed by atoms with Gasteiger partial charge in [-0.3, -0.25) is 9.59 Å². The molecule has 0 atom stereocenters. The summed E-state index contributed by atoms with van der Waals surface area (Å²) in [6, 6.07) is 16.9. The van der Waals surface area contributed by atoms with Gasteiger partial charge in [-0.15, -0.1) is 0 Å². The Morgan fingerprint density at radius 2 is 1.43 bits per heavy atom. The van der Waals surface area contributed by atoms with Crippen molar-refractivity contribution >= 4 is 17.5 Å². The molecule has 0 N–H and O–H groups in total. The van der Waals surface area contributed by atoms with Crippen LogP contribution in [0.25, 0.3) is 0 Å². The van der Waals surface area contributed by atoms with Crippen molar-refractivity contribution in [3.8, 4) is 0 Å². The predicted octanol–water partition coefficient (Wildman–Crippen LogP) is 5.04. The molecule has 4 heteroatoms. The fourth-order valence-corrected chi connectivity index (χ4v) is 2.78. The number of ether oxygens (including phenoxy) is 1. The fourth-order valence-electron chi connectivity index (χ4n) is 2.78. The Kier molecular flexibility index (Phi) is 7.68. The Morgan fingerprint density at radius 3 is 2.04 bits per heavy atom. The van der Waals surface area contributed by atoms with E-state index in [9.17, 15) is 14.4 Å². The lowest BCUT2D eigenvalue weighted by Gasteiger charge is -2.18. The second-order valence-electron chi connectivity index (χ2n) is 7.94. The first-order chi connectivity index (χ1) is 13.3. The monoisotopic (exact) mass is 380 g/mol. The Balaban J connectivity index is 1.69. The Hall–Kier alpha value is -2.75. The van der Waals surface area contributed by atoms with E-state index in [4.69, 9.17) is 4.74 Å². The minimum absolute atomic E-state index is 0.0526. The van der Waals surface area contributed by atoms with E-state index in [1.807, 2.05) is 54.6 Å². The van der Waals surface area contributed by atoms with Gasteiger partial charge in [-0.25, -0.2) is 4.79 Å². The van der Waals surface area contributed by atoms with Crippen LogP contribution in [0.2, 0.25) is 0 Å². The third-order valence-corrected chi connectivity index (χ3v) is 4.57. The minimum atomic E-state index is -0.812. The third kappa shape index (κ3) is 6.76. The molecule has 0 bridgehead atoms. The fraction of sp³-hybridized carbons (Fsp3) is 0.375. The zero-order valence-electron chi connectivity index (χ0n) is 16.9. The summed E-state index contributed by atoms with van der Waals surface area (Å²) in [5, 5.41) is 0. The molecule has 0 aliphatic heterocycles. The number of ketones is 2. The van der Waals surface area contributed by atoms with Crippen LogP contribution < -0.4 is 0 Å². The van der Waals surface area contributed by atoms with Crippen molar-refractivity contribution in [1.29, 1.82) is 0 Å². The first kappa shape index (κ1) is 21.5.